The summed E-state index contributed by atoms with van der Waals surface area (Å²) in [6.07, 6.45) is 10.2. The number of carbonyl (C=O) groups excluding carboxylic acids is 2. The first-order valence-electron chi connectivity index (χ1n) is 11.3. The predicted molar refractivity (Wildman–Crippen MR) is 112 cm³/mol. The molecule has 1 aliphatic carbocycles. The summed E-state index contributed by atoms with van der Waals surface area (Å²) in [6, 6.07) is 0. The molecule has 2 amide bonds. The van der Waals surface area contributed by atoms with E-state index in [1.54, 1.807) is 11.8 Å². The lowest BCUT2D eigenvalue weighted by Crippen LogP contribution is -2.52. The van der Waals surface area contributed by atoms with Crippen molar-refractivity contribution in [1.29, 1.82) is 0 Å². The van der Waals surface area contributed by atoms with E-state index in [1.165, 1.54) is 42.9 Å². The van der Waals surface area contributed by atoms with Crippen molar-refractivity contribution in [1.82, 2.24) is 19.4 Å². The van der Waals surface area contributed by atoms with E-state index >= 15 is 0 Å². The van der Waals surface area contributed by atoms with Gasteiger partial charge in [0.2, 0.25) is 11.8 Å². The van der Waals surface area contributed by atoms with Gasteiger partial charge in [-0.2, -0.15) is 0 Å². The second-order valence-electron chi connectivity index (χ2n) is 9.40. The second kappa shape index (κ2) is 8.40. The van der Waals surface area contributed by atoms with Gasteiger partial charge in [-0.05, 0) is 44.9 Å². The lowest BCUT2D eigenvalue weighted by molar-refractivity contribution is -0.147. The third-order valence-electron chi connectivity index (χ3n) is 7.23. The van der Waals surface area contributed by atoms with Gasteiger partial charge in [0.15, 0.2) is 0 Å². The average molecular weight is 417 g/mol. The summed E-state index contributed by atoms with van der Waals surface area (Å²) in [5.74, 6) is 0.650. The van der Waals surface area contributed by atoms with Crippen LogP contribution in [0.3, 0.4) is 0 Å². The van der Waals surface area contributed by atoms with Gasteiger partial charge in [0.1, 0.15) is 6.54 Å². The molecule has 8 heteroatoms. The van der Waals surface area contributed by atoms with Crippen LogP contribution in [0.25, 0.3) is 0 Å². The van der Waals surface area contributed by atoms with Gasteiger partial charge < -0.3 is 9.80 Å². The van der Waals surface area contributed by atoms with Crippen molar-refractivity contribution in [3.05, 3.63) is 32.6 Å². The van der Waals surface area contributed by atoms with E-state index in [0.29, 0.717) is 31.0 Å². The van der Waals surface area contributed by atoms with E-state index in [0.717, 1.165) is 25.9 Å². The smallest absolute Gasteiger partial charge is 0.328 e. The minimum atomic E-state index is -0.583. The molecule has 4 rings (SSSR count). The van der Waals surface area contributed by atoms with Gasteiger partial charge in [-0.15, -0.1) is 0 Å². The standard InChI is InChI=1S/C22H32N4O4/c1-16-12-26(21(30)23-19(16)28)14-18(27)25-11-9-22(15-25)8-5-10-24(20(22)29)13-17-6-3-2-4-7-17/h12,17H,2-11,13-15H2,1H3,(H,23,28,30). The minimum absolute atomic E-state index is 0.119. The van der Waals surface area contributed by atoms with E-state index in [4.69, 9.17) is 0 Å². The summed E-state index contributed by atoms with van der Waals surface area (Å²) in [5.41, 5.74) is -1.09. The molecular weight excluding hydrogens is 384 g/mol. The maximum Gasteiger partial charge on any atom is 0.328 e. The zero-order valence-electron chi connectivity index (χ0n) is 17.8. The fourth-order valence-corrected chi connectivity index (χ4v) is 5.45. The number of hydrogen-bond acceptors (Lipinski definition) is 4. The van der Waals surface area contributed by atoms with E-state index in [-0.39, 0.29) is 18.4 Å². The van der Waals surface area contributed by atoms with E-state index < -0.39 is 16.7 Å². The van der Waals surface area contributed by atoms with Crippen molar-refractivity contribution in [2.24, 2.45) is 11.3 Å². The van der Waals surface area contributed by atoms with Crippen LogP contribution in [-0.2, 0) is 16.1 Å². The zero-order chi connectivity index (χ0) is 21.3. The zero-order valence-corrected chi connectivity index (χ0v) is 17.8. The van der Waals surface area contributed by atoms with Crippen LogP contribution in [0.15, 0.2) is 15.8 Å². The highest BCUT2D eigenvalue weighted by Gasteiger charge is 2.49. The summed E-state index contributed by atoms with van der Waals surface area (Å²) in [6.45, 7) is 4.15. The van der Waals surface area contributed by atoms with Gasteiger partial charge in [-0.25, -0.2) is 4.79 Å². The van der Waals surface area contributed by atoms with Crippen LogP contribution in [0, 0.1) is 18.3 Å². The number of nitrogens with one attached hydrogen (secondary N) is 1. The molecule has 1 atom stereocenters. The number of carbonyl (C=O) groups is 2. The number of amides is 2. The molecular formula is C22H32N4O4. The Hall–Kier alpha value is -2.38. The molecule has 0 aromatic carbocycles. The van der Waals surface area contributed by atoms with E-state index in [2.05, 4.69) is 9.88 Å². The summed E-state index contributed by atoms with van der Waals surface area (Å²) >= 11 is 0. The molecule has 0 radical (unpaired) electrons. The number of rotatable bonds is 4. The van der Waals surface area contributed by atoms with Gasteiger partial charge in [0.25, 0.3) is 5.56 Å². The molecule has 1 N–H and O–H groups in total. The number of aromatic amines is 1. The van der Waals surface area contributed by atoms with Gasteiger partial charge in [0, 0.05) is 37.9 Å². The molecule has 1 aromatic rings. The summed E-state index contributed by atoms with van der Waals surface area (Å²) in [7, 11) is 0. The van der Waals surface area contributed by atoms with E-state index in [1.807, 2.05) is 0 Å². The number of nitrogens with zero attached hydrogens (tertiary/aromatic N) is 3. The Morgan fingerprint density at radius 3 is 2.63 bits per heavy atom. The lowest BCUT2D eigenvalue weighted by Gasteiger charge is -2.41. The number of hydrogen-bond donors (Lipinski definition) is 1. The Labute approximate surface area is 176 Å². The highest BCUT2D eigenvalue weighted by atomic mass is 16.2. The van der Waals surface area contributed by atoms with E-state index in [9.17, 15) is 19.2 Å². The first-order chi connectivity index (χ1) is 14.4. The van der Waals surface area contributed by atoms with Crippen molar-refractivity contribution in [3.63, 3.8) is 0 Å². The van der Waals surface area contributed by atoms with Crippen molar-refractivity contribution in [3.8, 4) is 0 Å². The fraction of sp³-hybridized carbons (Fsp3) is 0.727. The first-order valence-corrected chi connectivity index (χ1v) is 11.3. The van der Waals surface area contributed by atoms with Crippen molar-refractivity contribution < 1.29 is 9.59 Å². The maximum atomic E-state index is 13.4. The number of piperidine rings is 1. The normalized spacial score (nSPS) is 25.3. The van der Waals surface area contributed by atoms with Gasteiger partial charge >= 0.3 is 5.69 Å². The van der Waals surface area contributed by atoms with Gasteiger partial charge in [0.05, 0.1) is 5.41 Å². The number of likely N-dealkylation sites (tertiary alicyclic amines) is 2. The highest BCUT2D eigenvalue weighted by molar-refractivity contribution is 5.86. The van der Waals surface area contributed by atoms with Crippen LogP contribution < -0.4 is 11.2 Å². The van der Waals surface area contributed by atoms with Crippen LogP contribution in [0.2, 0.25) is 0 Å². The van der Waals surface area contributed by atoms with Gasteiger partial charge in [-0.1, -0.05) is 19.3 Å². The molecule has 0 bridgehead atoms. The molecule has 1 spiro atoms. The van der Waals surface area contributed by atoms with Crippen LogP contribution in [-0.4, -0.2) is 57.3 Å². The second-order valence-corrected chi connectivity index (χ2v) is 9.40. The Morgan fingerprint density at radius 2 is 1.87 bits per heavy atom. The molecule has 2 saturated heterocycles. The summed E-state index contributed by atoms with van der Waals surface area (Å²) < 4.78 is 1.24. The molecule has 1 unspecified atom stereocenters. The van der Waals surface area contributed by atoms with Gasteiger partial charge in [-0.3, -0.25) is 23.9 Å². The summed E-state index contributed by atoms with van der Waals surface area (Å²) in [5, 5.41) is 0. The third-order valence-corrected chi connectivity index (χ3v) is 7.23. The first kappa shape index (κ1) is 20.9. The fourth-order valence-electron chi connectivity index (χ4n) is 5.45. The number of aryl methyl sites for hydroxylation is 1. The molecule has 30 heavy (non-hydrogen) atoms. The Kier molecular flexibility index (Phi) is 5.84. The Bertz CT molecular complexity index is 930. The molecule has 164 valence electrons. The highest BCUT2D eigenvalue weighted by Crippen LogP contribution is 2.41. The molecule has 3 aliphatic rings. The quantitative estimate of drug-likeness (QED) is 0.800. The Morgan fingerprint density at radius 1 is 1.10 bits per heavy atom. The molecule has 8 nitrogen and oxygen atoms in total. The molecule has 3 fully saturated rings. The largest absolute Gasteiger partial charge is 0.342 e. The van der Waals surface area contributed by atoms with Crippen molar-refractivity contribution in [2.45, 2.75) is 64.8 Å². The third kappa shape index (κ3) is 4.09. The SMILES string of the molecule is Cc1cn(CC(=O)N2CCC3(CCCN(CC4CCCCC4)C3=O)C2)c(=O)[nH]c1=O. The number of aromatic nitrogens is 2. The number of H-pyrrole nitrogens is 1. The van der Waals surface area contributed by atoms with Crippen LogP contribution in [0.1, 0.15) is 56.9 Å². The molecule has 1 saturated carbocycles. The lowest BCUT2D eigenvalue weighted by atomic mass is 9.77. The average Bonchev–Trinajstić information content (AvgIpc) is 3.16. The molecule has 3 heterocycles. The Balaban J connectivity index is 1.41. The molecule has 2 aliphatic heterocycles. The topological polar surface area (TPSA) is 95.5 Å². The maximum absolute atomic E-state index is 13.4. The monoisotopic (exact) mass is 416 g/mol. The van der Waals surface area contributed by atoms with Crippen LogP contribution in [0.5, 0.6) is 0 Å². The minimum Gasteiger partial charge on any atom is -0.342 e. The van der Waals surface area contributed by atoms with Crippen molar-refractivity contribution in [2.75, 3.05) is 26.2 Å². The van der Waals surface area contributed by atoms with Crippen LogP contribution in [0.4, 0.5) is 0 Å². The summed E-state index contributed by atoms with van der Waals surface area (Å²) in [4.78, 5) is 55.8. The predicted octanol–water partition coefficient (Wildman–Crippen LogP) is 1.27. The molecule has 1 aromatic heterocycles. The van der Waals surface area contributed by atoms with Crippen molar-refractivity contribution >= 4 is 11.8 Å². The van der Waals surface area contributed by atoms with Crippen LogP contribution >= 0.6 is 0 Å².